The van der Waals surface area contributed by atoms with Gasteiger partial charge in [0.25, 0.3) is 0 Å². The van der Waals surface area contributed by atoms with Crippen molar-refractivity contribution in [3.05, 3.63) is 30.3 Å². The molecular formula is C30H41N3O4. The molecule has 2 saturated carbocycles. The van der Waals surface area contributed by atoms with Crippen LogP contribution >= 0.6 is 0 Å². The molecule has 3 saturated heterocycles. The molecule has 1 aromatic carbocycles. The summed E-state index contributed by atoms with van der Waals surface area (Å²) in [5.41, 5.74) is 0.746. The Kier molecular flexibility index (Phi) is 6.99. The number of hydrogen-bond donors (Lipinski definition) is 1. The van der Waals surface area contributed by atoms with Crippen molar-refractivity contribution >= 4 is 23.5 Å². The molecule has 3 heterocycles. The second-order valence-corrected chi connectivity index (χ2v) is 12.3. The zero-order valence-electron chi connectivity index (χ0n) is 21.8. The minimum absolute atomic E-state index is 0.0422. The first kappa shape index (κ1) is 24.9. The first-order valence-corrected chi connectivity index (χ1v) is 14.7. The van der Waals surface area contributed by atoms with E-state index in [2.05, 4.69) is 4.90 Å². The minimum Gasteiger partial charge on any atom is -0.480 e. The molecule has 7 nitrogen and oxygen atoms in total. The van der Waals surface area contributed by atoms with Crippen LogP contribution in [0.2, 0.25) is 0 Å². The predicted molar refractivity (Wildman–Crippen MR) is 141 cm³/mol. The number of benzene rings is 1. The first-order valence-electron chi connectivity index (χ1n) is 14.7. The normalized spacial score (nSPS) is 35.7. The molecule has 0 unspecified atom stereocenters. The molecule has 3 aliphatic heterocycles. The molecule has 4 bridgehead atoms. The van der Waals surface area contributed by atoms with E-state index in [-0.39, 0.29) is 6.04 Å². The van der Waals surface area contributed by atoms with Gasteiger partial charge in [0.1, 0.15) is 6.04 Å². The summed E-state index contributed by atoms with van der Waals surface area (Å²) in [5, 5.41) is 9.62. The lowest BCUT2D eigenvalue weighted by atomic mass is 9.68. The van der Waals surface area contributed by atoms with Gasteiger partial charge >= 0.3 is 17.8 Å². The standard InChI is InChI=1S/C30H41N3O4/c34-28(31-14-6-13-27(31)30(36)37)29(35)33(22-9-2-1-3-10-22)26-18-23-11-5-12-24(19-26)32(23)25-16-20-7-4-8-21(15-20)17-25/h1-3,9-10,20-21,23-27H,4-8,11-19H2,(H,36,37)/t20-,21+,23-,24+,25+,26+,27-/m0/s1. The van der Waals surface area contributed by atoms with E-state index in [1.165, 1.54) is 49.8 Å². The van der Waals surface area contributed by atoms with E-state index in [0.29, 0.717) is 37.5 Å². The monoisotopic (exact) mass is 507 g/mol. The Balaban J connectivity index is 1.25. The van der Waals surface area contributed by atoms with Crippen molar-refractivity contribution in [2.45, 2.75) is 114 Å². The molecule has 5 fully saturated rings. The summed E-state index contributed by atoms with van der Waals surface area (Å²) in [4.78, 5) is 44.9. The molecule has 0 spiro atoms. The van der Waals surface area contributed by atoms with Crippen molar-refractivity contribution in [2.24, 2.45) is 11.8 Å². The number of carbonyl (C=O) groups excluding carboxylic acids is 2. The van der Waals surface area contributed by atoms with Crippen LogP contribution in [0.3, 0.4) is 0 Å². The number of anilines is 1. The highest BCUT2D eigenvalue weighted by Gasteiger charge is 2.48. The zero-order chi connectivity index (χ0) is 25.5. The Hall–Kier alpha value is -2.41. The maximum Gasteiger partial charge on any atom is 0.326 e. The number of para-hydroxylation sites is 1. The fraction of sp³-hybridized carbons (Fsp3) is 0.700. The van der Waals surface area contributed by atoms with Crippen molar-refractivity contribution in [1.82, 2.24) is 9.80 Å². The van der Waals surface area contributed by atoms with Gasteiger partial charge in [0.15, 0.2) is 0 Å². The van der Waals surface area contributed by atoms with Crippen LogP contribution in [-0.4, -0.2) is 69.4 Å². The number of fused-ring (bicyclic) bond motifs is 4. The Morgan fingerprint density at radius 2 is 1.41 bits per heavy atom. The third-order valence-corrected chi connectivity index (χ3v) is 10.1. The number of nitrogens with zero attached hydrogens (tertiary/aromatic N) is 3. The molecule has 1 aromatic rings. The summed E-state index contributed by atoms with van der Waals surface area (Å²) in [5.74, 6) is -0.480. The van der Waals surface area contributed by atoms with Crippen LogP contribution < -0.4 is 4.90 Å². The van der Waals surface area contributed by atoms with E-state index in [1.807, 2.05) is 30.3 Å². The highest BCUT2D eigenvalue weighted by atomic mass is 16.4. The fourth-order valence-corrected chi connectivity index (χ4v) is 8.71. The van der Waals surface area contributed by atoms with E-state index < -0.39 is 23.8 Å². The smallest absolute Gasteiger partial charge is 0.326 e. The number of carbonyl (C=O) groups is 3. The van der Waals surface area contributed by atoms with Crippen LogP contribution in [0.15, 0.2) is 30.3 Å². The summed E-state index contributed by atoms with van der Waals surface area (Å²) in [6.07, 6.45) is 14.6. The molecule has 1 N–H and O–H groups in total. The van der Waals surface area contributed by atoms with Crippen molar-refractivity contribution in [3.8, 4) is 0 Å². The van der Waals surface area contributed by atoms with Gasteiger partial charge in [0, 0.05) is 36.4 Å². The average molecular weight is 508 g/mol. The fourth-order valence-electron chi connectivity index (χ4n) is 8.71. The van der Waals surface area contributed by atoms with Gasteiger partial charge in [-0.1, -0.05) is 43.9 Å². The molecule has 200 valence electrons. The molecule has 2 aliphatic carbocycles. The van der Waals surface area contributed by atoms with Crippen LogP contribution in [0.4, 0.5) is 5.69 Å². The summed E-state index contributed by atoms with van der Waals surface area (Å²) in [6, 6.07) is 10.2. The third kappa shape index (κ3) is 4.80. The van der Waals surface area contributed by atoms with Crippen molar-refractivity contribution < 1.29 is 19.5 Å². The van der Waals surface area contributed by atoms with Crippen molar-refractivity contribution in [3.63, 3.8) is 0 Å². The molecule has 7 heteroatoms. The summed E-state index contributed by atoms with van der Waals surface area (Å²) < 4.78 is 0. The van der Waals surface area contributed by atoms with Gasteiger partial charge in [-0.25, -0.2) is 4.79 Å². The number of piperidine rings is 2. The number of rotatable bonds is 4. The number of carboxylic acid groups (broad SMARTS) is 1. The molecule has 0 aromatic heterocycles. The molecule has 5 aliphatic rings. The lowest BCUT2D eigenvalue weighted by Gasteiger charge is -2.56. The van der Waals surface area contributed by atoms with Crippen LogP contribution in [0, 0.1) is 11.8 Å². The lowest BCUT2D eigenvalue weighted by molar-refractivity contribution is -0.152. The van der Waals surface area contributed by atoms with Crippen LogP contribution in [0.5, 0.6) is 0 Å². The van der Waals surface area contributed by atoms with Crippen LogP contribution in [-0.2, 0) is 14.4 Å². The summed E-state index contributed by atoms with van der Waals surface area (Å²) in [6.45, 7) is 0.331. The number of amides is 2. The van der Waals surface area contributed by atoms with Crippen molar-refractivity contribution in [1.29, 1.82) is 0 Å². The van der Waals surface area contributed by atoms with E-state index in [1.54, 1.807) is 4.90 Å². The molecular weight excluding hydrogens is 466 g/mol. The number of hydrogen-bond acceptors (Lipinski definition) is 4. The highest BCUT2D eigenvalue weighted by Crippen LogP contribution is 2.46. The highest BCUT2D eigenvalue weighted by molar-refractivity contribution is 6.40. The van der Waals surface area contributed by atoms with Gasteiger partial charge in [-0.05, 0) is 81.8 Å². The number of likely N-dealkylation sites (tertiary alicyclic amines) is 1. The summed E-state index contributed by atoms with van der Waals surface area (Å²) in [7, 11) is 0. The quantitative estimate of drug-likeness (QED) is 0.609. The van der Waals surface area contributed by atoms with E-state index in [9.17, 15) is 19.5 Å². The van der Waals surface area contributed by atoms with Crippen LogP contribution in [0.25, 0.3) is 0 Å². The SMILES string of the molecule is O=C(O)[C@@H]1CCCN1C(=O)C(=O)N(c1ccccc1)[C@H]1C[C@H]2CCC[C@@H](C1)N2[C@H]1C[C@@H]2CCC[C@@H](C2)C1. The Bertz CT molecular complexity index is 989. The Morgan fingerprint density at radius 1 is 0.757 bits per heavy atom. The van der Waals surface area contributed by atoms with Gasteiger partial charge < -0.3 is 14.9 Å². The van der Waals surface area contributed by atoms with Gasteiger partial charge in [-0.2, -0.15) is 0 Å². The topological polar surface area (TPSA) is 81.2 Å². The number of carboxylic acids is 1. The average Bonchev–Trinajstić information content (AvgIpc) is 3.39. The minimum atomic E-state index is -1.02. The van der Waals surface area contributed by atoms with E-state index in [0.717, 1.165) is 43.2 Å². The van der Waals surface area contributed by atoms with E-state index >= 15 is 0 Å². The molecule has 37 heavy (non-hydrogen) atoms. The van der Waals surface area contributed by atoms with Crippen LogP contribution in [0.1, 0.15) is 83.5 Å². The first-order chi connectivity index (χ1) is 18.0. The summed E-state index contributed by atoms with van der Waals surface area (Å²) >= 11 is 0. The Morgan fingerprint density at radius 3 is 2.05 bits per heavy atom. The lowest BCUT2D eigenvalue weighted by Crippen LogP contribution is -2.63. The maximum atomic E-state index is 13.9. The molecule has 6 rings (SSSR count). The second-order valence-electron chi connectivity index (χ2n) is 12.3. The third-order valence-electron chi connectivity index (χ3n) is 10.1. The maximum absolute atomic E-state index is 13.9. The Labute approximate surface area is 220 Å². The zero-order valence-corrected chi connectivity index (χ0v) is 21.8. The molecule has 2 amide bonds. The van der Waals surface area contributed by atoms with Gasteiger partial charge in [-0.15, -0.1) is 0 Å². The second kappa shape index (κ2) is 10.4. The van der Waals surface area contributed by atoms with Gasteiger partial charge in [-0.3, -0.25) is 14.5 Å². The van der Waals surface area contributed by atoms with Crippen molar-refractivity contribution in [2.75, 3.05) is 11.4 Å². The largest absolute Gasteiger partial charge is 0.480 e. The van der Waals surface area contributed by atoms with Gasteiger partial charge in [0.2, 0.25) is 0 Å². The predicted octanol–water partition coefficient (Wildman–Crippen LogP) is 4.45. The molecule has 0 radical (unpaired) electrons. The number of aliphatic carboxylic acids is 1. The molecule has 7 atom stereocenters. The van der Waals surface area contributed by atoms with E-state index in [4.69, 9.17) is 0 Å². The van der Waals surface area contributed by atoms with Gasteiger partial charge in [0.05, 0.1) is 0 Å².